The molecule has 0 aliphatic carbocycles. The van der Waals surface area contributed by atoms with Gasteiger partial charge in [-0.3, -0.25) is 19.5 Å². The van der Waals surface area contributed by atoms with Gasteiger partial charge in [0.1, 0.15) is 11.6 Å². The van der Waals surface area contributed by atoms with Gasteiger partial charge in [0, 0.05) is 13.5 Å². The third-order valence-corrected chi connectivity index (χ3v) is 4.69. The molecule has 9 heteroatoms. The molecule has 0 bridgehead atoms. The monoisotopic (exact) mass is 374 g/mol. The van der Waals surface area contributed by atoms with Crippen molar-refractivity contribution in [2.75, 3.05) is 27.2 Å². The molecule has 2 atom stereocenters. The Balaban J connectivity index is 4.58. The quantitative estimate of drug-likeness (QED) is 0.255. The molecule has 9 nitrogen and oxygen atoms in total. The number of carbonyl (C=O) groups excluding carboxylic acids is 1. The van der Waals surface area contributed by atoms with E-state index >= 15 is 0 Å². The van der Waals surface area contributed by atoms with Gasteiger partial charge in [-0.25, -0.2) is 10.2 Å². The van der Waals surface area contributed by atoms with Crippen LogP contribution in [0.15, 0.2) is 0 Å². The second kappa shape index (κ2) is 11.8. The van der Waals surface area contributed by atoms with Crippen LogP contribution in [0, 0.1) is 0 Å². The van der Waals surface area contributed by atoms with Crippen molar-refractivity contribution in [3.05, 3.63) is 0 Å². The van der Waals surface area contributed by atoms with Gasteiger partial charge in [-0.05, 0) is 66.1 Å². The van der Waals surface area contributed by atoms with Crippen LogP contribution in [0.5, 0.6) is 0 Å². The zero-order chi connectivity index (χ0) is 20.3. The summed E-state index contributed by atoms with van der Waals surface area (Å²) in [5, 5.41) is 19.9. The maximum Gasteiger partial charge on any atom is 0.328 e. The number of nitrogens with one attached hydrogen (secondary N) is 1. The van der Waals surface area contributed by atoms with Gasteiger partial charge in [0.05, 0.1) is 0 Å². The second-order valence-corrected chi connectivity index (χ2v) is 6.87. The van der Waals surface area contributed by atoms with E-state index < -0.39 is 23.5 Å². The Bertz CT molecular complexity index is 472. The Hall–Kier alpha value is -1.71. The number of hydrazine groups is 1. The summed E-state index contributed by atoms with van der Waals surface area (Å²) < 4.78 is 0. The van der Waals surface area contributed by atoms with Gasteiger partial charge in [0.2, 0.25) is 5.91 Å². The molecule has 0 radical (unpaired) electrons. The van der Waals surface area contributed by atoms with Gasteiger partial charge in [0.25, 0.3) is 0 Å². The Morgan fingerprint density at radius 2 is 1.73 bits per heavy atom. The molecule has 0 heterocycles. The summed E-state index contributed by atoms with van der Waals surface area (Å²) in [6, 6.07) is -0.940. The third kappa shape index (κ3) is 7.67. The van der Waals surface area contributed by atoms with Crippen molar-refractivity contribution in [1.82, 2.24) is 15.3 Å². The van der Waals surface area contributed by atoms with Crippen LogP contribution in [0.2, 0.25) is 0 Å². The highest BCUT2D eigenvalue weighted by molar-refractivity contribution is 5.81. The lowest BCUT2D eigenvalue weighted by Gasteiger charge is -2.32. The summed E-state index contributed by atoms with van der Waals surface area (Å²) in [6.07, 6.45) is 3.36. The smallest absolute Gasteiger partial charge is 0.328 e. The minimum atomic E-state index is -1.06. The fourth-order valence-electron chi connectivity index (χ4n) is 2.60. The summed E-state index contributed by atoms with van der Waals surface area (Å²) in [4.78, 5) is 36.4. The molecule has 0 aromatic heterocycles. The third-order valence-electron chi connectivity index (χ3n) is 4.69. The van der Waals surface area contributed by atoms with Gasteiger partial charge in [-0.2, -0.15) is 0 Å². The predicted octanol–water partition coefficient (Wildman–Crippen LogP) is 0.497. The van der Waals surface area contributed by atoms with Crippen LogP contribution in [-0.2, 0) is 14.4 Å². The van der Waals surface area contributed by atoms with Crippen LogP contribution in [-0.4, -0.2) is 76.7 Å². The Kier molecular flexibility index (Phi) is 11.0. The fourth-order valence-corrected chi connectivity index (χ4v) is 2.60. The maximum atomic E-state index is 11.8. The lowest BCUT2D eigenvalue weighted by molar-refractivity contribution is -0.153. The molecular formula is C17H34N4O5. The molecule has 0 fully saturated rings. The van der Waals surface area contributed by atoms with E-state index in [1.807, 2.05) is 0 Å². The first-order valence-electron chi connectivity index (χ1n) is 8.95. The number of amides is 1. The summed E-state index contributed by atoms with van der Waals surface area (Å²) in [6.45, 7) is 3.86. The molecule has 0 aliphatic rings. The van der Waals surface area contributed by atoms with E-state index in [0.717, 1.165) is 5.01 Å². The SMILES string of the molecule is CC(=O)N(NCCCC[C@@](C)(C(=O)O)N(C)C)[C@@H](CCCCN)C(=O)O. The van der Waals surface area contributed by atoms with Crippen molar-refractivity contribution in [3.63, 3.8) is 0 Å². The molecule has 26 heavy (non-hydrogen) atoms. The summed E-state index contributed by atoms with van der Waals surface area (Å²) in [5.74, 6) is -2.31. The number of nitrogens with zero attached hydrogens (tertiary/aromatic N) is 2. The zero-order valence-corrected chi connectivity index (χ0v) is 16.3. The molecule has 0 rings (SSSR count). The minimum Gasteiger partial charge on any atom is -0.480 e. The molecule has 0 aromatic rings. The van der Waals surface area contributed by atoms with Gasteiger partial charge < -0.3 is 15.9 Å². The van der Waals surface area contributed by atoms with Crippen molar-refractivity contribution in [2.24, 2.45) is 5.73 Å². The molecular weight excluding hydrogens is 340 g/mol. The van der Waals surface area contributed by atoms with Crippen LogP contribution < -0.4 is 11.2 Å². The molecule has 5 N–H and O–H groups in total. The number of nitrogens with two attached hydrogens (primary N) is 1. The maximum absolute atomic E-state index is 11.8. The Morgan fingerprint density at radius 3 is 2.15 bits per heavy atom. The highest BCUT2D eigenvalue weighted by Crippen LogP contribution is 2.19. The average Bonchev–Trinajstić information content (AvgIpc) is 2.54. The summed E-state index contributed by atoms with van der Waals surface area (Å²) in [7, 11) is 3.45. The molecule has 152 valence electrons. The Labute approximate surface area is 155 Å². The lowest BCUT2D eigenvalue weighted by atomic mass is 9.93. The summed E-state index contributed by atoms with van der Waals surface area (Å²) >= 11 is 0. The van der Waals surface area contributed by atoms with Crippen molar-refractivity contribution in [1.29, 1.82) is 0 Å². The van der Waals surface area contributed by atoms with Crippen molar-refractivity contribution in [3.8, 4) is 0 Å². The van der Waals surface area contributed by atoms with E-state index in [0.29, 0.717) is 51.6 Å². The van der Waals surface area contributed by atoms with E-state index in [2.05, 4.69) is 5.43 Å². The molecule has 1 amide bonds. The first-order chi connectivity index (χ1) is 12.1. The number of unbranched alkanes of at least 4 members (excludes halogenated alkanes) is 2. The van der Waals surface area contributed by atoms with Crippen LogP contribution in [0.1, 0.15) is 52.4 Å². The lowest BCUT2D eigenvalue weighted by Crippen LogP contribution is -2.52. The highest BCUT2D eigenvalue weighted by atomic mass is 16.4. The van der Waals surface area contributed by atoms with Gasteiger partial charge >= 0.3 is 11.9 Å². The predicted molar refractivity (Wildman–Crippen MR) is 98.4 cm³/mol. The molecule has 0 saturated carbocycles. The normalized spacial score (nSPS) is 14.7. The molecule has 0 aliphatic heterocycles. The number of carbonyl (C=O) groups is 3. The van der Waals surface area contributed by atoms with Gasteiger partial charge in [-0.15, -0.1) is 0 Å². The molecule has 0 saturated heterocycles. The first-order valence-corrected chi connectivity index (χ1v) is 8.95. The topological polar surface area (TPSA) is 136 Å². The van der Waals surface area contributed by atoms with Crippen LogP contribution >= 0.6 is 0 Å². The van der Waals surface area contributed by atoms with Gasteiger partial charge in [-0.1, -0.05) is 0 Å². The van der Waals surface area contributed by atoms with Crippen molar-refractivity contribution < 1.29 is 24.6 Å². The number of carboxylic acids is 2. The number of likely N-dealkylation sites (N-methyl/N-ethyl adjacent to an activating group) is 1. The average molecular weight is 374 g/mol. The standard InChI is InChI=1S/C17H34N4O5/c1-13(22)21(14(15(23)24)9-5-7-11-18)19-12-8-6-10-17(2,16(25)26)20(3)4/h14,19H,5-12,18H2,1-4H3,(H,23,24)(H,25,26)/t14-,17-/m0/s1. The van der Waals surface area contributed by atoms with E-state index in [4.69, 9.17) is 5.73 Å². The van der Waals surface area contributed by atoms with Crippen LogP contribution in [0.3, 0.4) is 0 Å². The molecule has 0 aromatic carbocycles. The second-order valence-electron chi connectivity index (χ2n) is 6.87. The number of hydrogen-bond donors (Lipinski definition) is 4. The zero-order valence-electron chi connectivity index (χ0n) is 16.3. The number of rotatable bonds is 14. The number of aliphatic carboxylic acids is 2. The highest BCUT2D eigenvalue weighted by Gasteiger charge is 2.34. The minimum absolute atomic E-state index is 0.330. The number of hydrogen-bond acceptors (Lipinski definition) is 6. The fraction of sp³-hybridized carbons (Fsp3) is 0.824. The molecule has 0 spiro atoms. The van der Waals surface area contributed by atoms with Crippen LogP contribution in [0.25, 0.3) is 0 Å². The van der Waals surface area contributed by atoms with E-state index in [1.54, 1.807) is 25.9 Å². The van der Waals surface area contributed by atoms with Crippen LogP contribution in [0.4, 0.5) is 0 Å². The summed E-state index contributed by atoms with van der Waals surface area (Å²) in [5.41, 5.74) is 7.36. The Morgan fingerprint density at radius 1 is 1.12 bits per heavy atom. The van der Waals surface area contributed by atoms with Crippen molar-refractivity contribution >= 4 is 17.8 Å². The van der Waals surface area contributed by atoms with E-state index in [1.165, 1.54) is 6.92 Å². The van der Waals surface area contributed by atoms with E-state index in [9.17, 15) is 24.6 Å². The van der Waals surface area contributed by atoms with Gasteiger partial charge in [0.15, 0.2) is 0 Å². The number of carboxylic acid groups (broad SMARTS) is 2. The van der Waals surface area contributed by atoms with Crippen molar-refractivity contribution in [2.45, 2.75) is 64.0 Å². The first kappa shape index (κ1) is 24.3. The molecule has 0 unspecified atom stereocenters. The van der Waals surface area contributed by atoms with E-state index in [-0.39, 0.29) is 5.91 Å². The largest absolute Gasteiger partial charge is 0.480 e.